The molecule has 1 amide bonds. The van der Waals surface area contributed by atoms with Crippen molar-refractivity contribution in [2.24, 2.45) is 0 Å². The summed E-state index contributed by atoms with van der Waals surface area (Å²) in [6, 6.07) is 21.7. The molecule has 0 radical (unpaired) electrons. The number of ketones is 1. The third kappa shape index (κ3) is 2.56. The number of H-pyrrole nitrogens is 1. The predicted molar refractivity (Wildman–Crippen MR) is 104 cm³/mol. The van der Waals surface area contributed by atoms with Gasteiger partial charge in [-0.1, -0.05) is 54.6 Å². The number of amides is 1. The van der Waals surface area contributed by atoms with Gasteiger partial charge >= 0.3 is 0 Å². The molecule has 0 aliphatic rings. The van der Waals surface area contributed by atoms with Crippen LogP contribution in [0.5, 0.6) is 0 Å². The minimum atomic E-state index is -0.531. The smallest absolute Gasteiger partial charge is 0.294 e. The average molecular weight is 342 g/mol. The maximum atomic E-state index is 12.9. The van der Waals surface area contributed by atoms with Crippen LogP contribution in [0.3, 0.4) is 0 Å². The van der Waals surface area contributed by atoms with Gasteiger partial charge < -0.3 is 9.88 Å². The number of hydrogen-bond donors (Lipinski definition) is 1. The summed E-state index contributed by atoms with van der Waals surface area (Å²) in [5, 5.41) is 2.97. The van der Waals surface area contributed by atoms with E-state index in [0.717, 1.165) is 27.2 Å². The first-order valence-corrected chi connectivity index (χ1v) is 8.42. The van der Waals surface area contributed by atoms with Gasteiger partial charge in [-0.05, 0) is 28.5 Å². The Balaban J connectivity index is 1.97. The van der Waals surface area contributed by atoms with Gasteiger partial charge in [0.25, 0.3) is 11.7 Å². The number of carbonyl (C=O) groups is 2. The zero-order valence-corrected chi connectivity index (χ0v) is 14.6. The molecule has 0 aliphatic heterocycles. The van der Waals surface area contributed by atoms with Gasteiger partial charge in [0.05, 0.1) is 11.3 Å². The summed E-state index contributed by atoms with van der Waals surface area (Å²) >= 11 is 0. The largest absolute Gasteiger partial charge is 0.354 e. The maximum Gasteiger partial charge on any atom is 0.294 e. The van der Waals surface area contributed by atoms with E-state index >= 15 is 0 Å². The van der Waals surface area contributed by atoms with Crippen molar-refractivity contribution in [1.29, 1.82) is 0 Å². The summed E-state index contributed by atoms with van der Waals surface area (Å²) in [5.41, 5.74) is 2.83. The lowest BCUT2D eigenvalue weighted by Gasteiger charge is -2.10. The number of Topliss-reactive ketones (excluding diaryl/α,β-unsaturated/α-hetero) is 1. The van der Waals surface area contributed by atoms with Crippen LogP contribution in [0.2, 0.25) is 0 Å². The van der Waals surface area contributed by atoms with Gasteiger partial charge in [-0.15, -0.1) is 0 Å². The van der Waals surface area contributed by atoms with E-state index < -0.39 is 11.7 Å². The van der Waals surface area contributed by atoms with Crippen LogP contribution in [0.1, 0.15) is 10.4 Å². The van der Waals surface area contributed by atoms with Crippen LogP contribution in [0.25, 0.3) is 32.9 Å². The van der Waals surface area contributed by atoms with Crippen molar-refractivity contribution in [3.63, 3.8) is 0 Å². The average Bonchev–Trinajstić information content (AvgIpc) is 3.05. The highest BCUT2D eigenvalue weighted by Gasteiger charge is 2.26. The molecule has 0 atom stereocenters. The topological polar surface area (TPSA) is 53.2 Å². The second-order valence-corrected chi connectivity index (χ2v) is 6.51. The lowest BCUT2D eigenvalue weighted by atomic mass is 9.99. The van der Waals surface area contributed by atoms with Crippen LogP contribution in [-0.2, 0) is 4.79 Å². The van der Waals surface area contributed by atoms with Gasteiger partial charge in [0, 0.05) is 25.0 Å². The highest BCUT2D eigenvalue weighted by Crippen LogP contribution is 2.32. The molecule has 0 saturated carbocycles. The van der Waals surface area contributed by atoms with Crippen molar-refractivity contribution in [2.45, 2.75) is 0 Å². The van der Waals surface area contributed by atoms with Crippen molar-refractivity contribution in [1.82, 2.24) is 9.88 Å². The summed E-state index contributed by atoms with van der Waals surface area (Å²) in [6.07, 6.45) is 0. The Morgan fingerprint density at radius 3 is 2.31 bits per heavy atom. The Morgan fingerprint density at radius 1 is 0.846 bits per heavy atom. The lowest BCUT2D eigenvalue weighted by molar-refractivity contribution is -0.124. The second kappa shape index (κ2) is 6.15. The molecule has 4 nitrogen and oxygen atoms in total. The quantitative estimate of drug-likeness (QED) is 0.447. The number of para-hydroxylation sites is 1. The van der Waals surface area contributed by atoms with E-state index in [1.165, 1.54) is 4.90 Å². The molecule has 1 N–H and O–H groups in total. The molecule has 0 unspecified atom stereocenters. The molecular formula is C22H18N2O2. The van der Waals surface area contributed by atoms with E-state index in [1.54, 1.807) is 14.1 Å². The van der Waals surface area contributed by atoms with Crippen LogP contribution >= 0.6 is 0 Å². The van der Waals surface area contributed by atoms with Crippen molar-refractivity contribution in [3.05, 3.63) is 72.3 Å². The molecule has 4 aromatic rings. The fraction of sp³-hybridized carbons (Fsp3) is 0.0909. The van der Waals surface area contributed by atoms with E-state index in [0.29, 0.717) is 11.3 Å². The van der Waals surface area contributed by atoms with E-state index in [1.807, 2.05) is 66.7 Å². The molecule has 128 valence electrons. The van der Waals surface area contributed by atoms with Gasteiger partial charge in [0.2, 0.25) is 0 Å². The normalized spacial score (nSPS) is 11.0. The number of aromatic amines is 1. The molecule has 0 aliphatic carbocycles. The molecule has 4 heteroatoms. The summed E-state index contributed by atoms with van der Waals surface area (Å²) in [5.74, 6) is -1.03. The van der Waals surface area contributed by atoms with Crippen molar-refractivity contribution < 1.29 is 9.59 Å². The number of nitrogens with zero attached hydrogens (tertiary/aromatic N) is 1. The number of aromatic nitrogens is 1. The molecule has 0 fully saturated rings. The minimum absolute atomic E-state index is 0.426. The van der Waals surface area contributed by atoms with Gasteiger partial charge in [-0.25, -0.2) is 0 Å². The van der Waals surface area contributed by atoms with E-state index in [-0.39, 0.29) is 0 Å². The second-order valence-electron chi connectivity index (χ2n) is 6.51. The number of fused-ring (bicyclic) bond motifs is 2. The first-order chi connectivity index (χ1) is 12.6. The van der Waals surface area contributed by atoms with Gasteiger partial charge in [0.15, 0.2) is 0 Å². The monoisotopic (exact) mass is 342 g/mol. The highest BCUT2D eigenvalue weighted by atomic mass is 16.2. The molecule has 3 aromatic carbocycles. The van der Waals surface area contributed by atoms with E-state index in [9.17, 15) is 9.59 Å². The third-order valence-electron chi connectivity index (χ3n) is 4.57. The number of benzene rings is 3. The highest BCUT2D eigenvalue weighted by molar-refractivity contribution is 6.46. The number of rotatable bonds is 3. The molecular weight excluding hydrogens is 324 g/mol. The number of hydrogen-bond acceptors (Lipinski definition) is 2. The summed E-state index contributed by atoms with van der Waals surface area (Å²) in [6.45, 7) is 0. The molecule has 26 heavy (non-hydrogen) atoms. The van der Waals surface area contributed by atoms with Gasteiger partial charge in [0.1, 0.15) is 0 Å². The molecule has 0 spiro atoms. The molecule has 0 saturated heterocycles. The van der Waals surface area contributed by atoms with Crippen molar-refractivity contribution in [3.8, 4) is 11.3 Å². The van der Waals surface area contributed by atoms with Crippen molar-refractivity contribution >= 4 is 33.4 Å². The van der Waals surface area contributed by atoms with Crippen LogP contribution in [0, 0.1) is 0 Å². The van der Waals surface area contributed by atoms with Crippen LogP contribution in [-0.4, -0.2) is 35.7 Å². The van der Waals surface area contributed by atoms with Crippen LogP contribution in [0.15, 0.2) is 66.7 Å². The first-order valence-electron chi connectivity index (χ1n) is 8.42. The Labute approximate surface area is 151 Å². The Kier molecular flexibility index (Phi) is 3.81. The standard InChI is InChI=1S/C22H18N2O2/c1-24(2)22(26)21(25)19-17-9-5-6-10-18(17)23-20(19)16-12-11-14-7-3-4-8-15(14)13-16/h3-13,23H,1-2H3. The first kappa shape index (κ1) is 16.1. The van der Waals surface area contributed by atoms with Crippen LogP contribution in [0.4, 0.5) is 0 Å². The summed E-state index contributed by atoms with van der Waals surface area (Å²) < 4.78 is 0. The Bertz CT molecular complexity index is 1160. The molecule has 0 bridgehead atoms. The maximum absolute atomic E-state index is 12.9. The lowest BCUT2D eigenvalue weighted by Crippen LogP contribution is -2.30. The van der Waals surface area contributed by atoms with Gasteiger partial charge in [-0.3, -0.25) is 9.59 Å². The minimum Gasteiger partial charge on any atom is -0.354 e. The van der Waals surface area contributed by atoms with E-state index in [4.69, 9.17) is 0 Å². The molecule has 1 heterocycles. The van der Waals surface area contributed by atoms with Crippen molar-refractivity contribution in [2.75, 3.05) is 14.1 Å². The van der Waals surface area contributed by atoms with Gasteiger partial charge in [-0.2, -0.15) is 0 Å². The fourth-order valence-electron chi connectivity index (χ4n) is 3.25. The zero-order valence-electron chi connectivity index (χ0n) is 14.6. The Morgan fingerprint density at radius 2 is 1.54 bits per heavy atom. The summed E-state index contributed by atoms with van der Waals surface area (Å²) in [7, 11) is 3.18. The Hall–Kier alpha value is -3.40. The summed E-state index contributed by atoms with van der Waals surface area (Å²) in [4.78, 5) is 29.9. The number of likely N-dealkylation sites (N-methyl/N-ethyl adjacent to an activating group) is 1. The molecule has 4 rings (SSSR count). The zero-order chi connectivity index (χ0) is 18.3. The third-order valence-corrected chi connectivity index (χ3v) is 4.57. The van der Waals surface area contributed by atoms with Crippen LogP contribution < -0.4 is 0 Å². The predicted octanol–water partition coefficient (Wildman–Crippen LogP) is 4.26. The number of carbonyl (C=O) groups excluding carboxylic acids is 2. The molecule has 1 aromatic heterocycles. The SMILES string of the molecule is CN(C)C(=O)C(=O)c1c(-c2ccc3ccccc3c2)[nH]c2ccccc12. The number of nitrogens with one attached hydrogen (secondary N) is 1. The van der Waals surface area contributed by atoms with E-state index in [2.05, 4.69) is 4.98 Å². The fourth-order valence-corrected chi connectivity index (χ4v) is 3.25.